The second kappa shape index (κ2) is 5.57. The third-order valence-corrected chi connectivity index (χ3v) is 3.90. The van der Waals surface area contributed by atoms with Crippen molar-refractivity contribution in [2.75, 3.05) is 13.1 Å². The van der Waals surface area contributed by atoms with E-state index in [0.717, 1.165) is 19.0 Å². The Morgan fingerprint density at radius 2 is 2.16 bits per heavy atom. The van der Waals surface area contributed by atoms with Gasteiger partial charge in [0, 0.05) is 12.7 Å². The molecule has 2 heterocycles. The van der Waals surface area contributed by atoms with Gasteiger partial charge >= 0.3 is 5.69 Å². The van der Waals surface area contributed by atoms with Gasteiger partial charge in [-0.25, -0.2) is 9.48 Å². The molecule has 0 aromatic carbocycles. The molecule has 1 N–H and O–H groups in total. The number of fused-ring (bicyclic) bond motifs is 1. The Kier molecular flexibility index (Phi) is 3.64. The van der Waals surface area contributed by atoms with Crippen molar-refractivity contribution in [1.82, 2.24) is 19.5 Å². The van der Waals surface area contributed by atoms with Gasteiger partial charge < -0.3 is 5.32 Å². The Morgan fingerprint density at radius 1 is 1.32 bits per heavy atom. The number of aromatic nitrogens is 3. The van der Waals surface area contributed by atoms with E-state index in [1.54, 1.807) is 10.6 Å². The molecule has 0 bridgehead atoms. The van der Waals surface area contributed by atoms with Crippen LogP contribution in [0.5, 0.6) is 0 Å². The van der Waals surface area contributed by atoms with Crippen LogP contribution in [-0.4, -0.2) is 27.3 Å². The zero-order chi connectivity index (χ0) is 13.1. The average molecular weight is 260 g/mol. The molecular formula is C14H20N4O. The molecule has 102 valence electrons. The summed E-state index contributed by atoms with van der Waals surface area (Å²) in [5, 5.41) is 7.75. The van der Waals surface area contributed by atoms with Gasteiger partial charge in [0.15, 0.2) is 5.65 Å². The highest BCUT2D eigenvalue weighted by Gasteiger charge is 2.14. The van der Waals surface area contributed by atoms with Crippen LogP contribution >= 0.6 is 0 Å². The number of nitrogens with one attached hydrogen (secondary N) is 1. The Hall–Kier alpha value is -1.62. The first kappa shape index (κ1) is 12.4. The van der Waals surface area contributed by atoms with Crippen molar-refractivity contribution in [3.05, 3.63) is 34.9 Å². The minimum Gasteiger partial charge on any atom is -0.315 e. The van der Waals surface area contributed by atoms with Gasteiger partial charge in [-0.2, -0.15) is 0 Å². The summed E-state index contributed by atoms with van der Waals surface area (Å²) < 4.78 is 3.12. The van der Waals surface area contributed by atoms with Crippen LogP contribution in [0.1, 0.15) is 25.7 Å². The molecule has 1 fully saturated rings. The van der Waals surface area contributed by atoms with E-state index in [1.807, 2.05) is 18.2 Å². The maximum atomic E-state index is 12.0. The summed E-state index contributed by atoms with van der Waals surface area (Å²) in [4.78, 5) is 12.0. The fourth-order valence-electron chi connectivity index (χ4n) is 2.82. The van der Waals surface area contributed by atoms with Gasteiger partial charge in [-0.1, -0.05) is 18.9 Å². The molecule has 2 aromatic heterocycles. The molecule has 1 aliphatic carbocycles. The summed E-state index contributed by atoms with van der Waals surface area (Å²) >= 11 is 0. The topological polar surface area (TPSA) is 51.3 Å². The van der Waals surface area contributed by atoms with E-state index in [9.17, 15) is 4.79 Å². The van der Waals surface area contributed by atoms with E-state index in [1.165, 1.54) is 30.4 Å². The van der Waals surface area contributed by atoms with Gasteiger partial charge in [0.25, 0.3) is 0 Å². The highest BCUT2D eigenvalue weighted by atomic mass is 16.2. The largest absolute Gasteiger partial charge is 0.350 e. The quantitative estimate of drug-likeness (QED) is 0.824. The Balaban J connectivity index is 1.56. The predicted molar refractivity (Wildman–Crippen MR) is 74.3 cm³/mol. The molecule has 0 saturated heterocycles. The summed E-state index contributed by atoms with van der Waals surface area (Å²) in [6.07, 6.45) is 7.20. The lowest BCUT2D eigenvalue weighted by molar-refractivity contribution is 0.463. The first-order valence-electron chi connectivity index (χ1n) is 7.09. The molecule has 0 amide bonds. The van der Waals surface area contributed by atoms with E-state index in [4.69, 9.17) is 0 Å². The van der Waals surface area contributed by atoms with Crippen LogP contribution < -0.4 is 11.0 Å². The van der Waals surface area contributed by atoms with Crippen LogP contribution in [0.2, 0.25) is 0 Å². The first-order valence-corrected chi connectivity index (χ1v) is 7.09. The van der Waals surface area contributed by atoms with Crippen molar-refractivity contribution in [1.29, 1.82) is 0 Å². The molecule has 0 unspecified atom stereocenters. The van der Waals surface area contributed by atoms with Gasteiger partial charge in [-0.3, -0.25) is 4.40 Å². The fourth-order valence-corrected chi connectivity index (χ4v) is 2.82. The van der Waals surface area contributed by atoms with Crippen molar-refractivity contribution >= 4 is 5.65 Å². The van der Waals surface area contributed by atoms with Crippen LogP contribution in [0.15, 0.2) is 29.2 Å². The van der Waals surface area contributed by atoms with E-state index in [-0.39, 0.29) is 5.69 Å². The highest BCUT2D eigenvalue weighted by molar-refractivity contribution is 5.35. The summed E-state index contributed by atoms with van der Waals surface area (Å²) in [5.74, 6) is 0.831. The zero-order valence-corrected chi connectivity index (χ0v) is 11.1. The third-order valence-electron chi connectivity index (χ3n) is 3.90. The Morgan fingerprint density at radius 3 is 2.95 bits per heavy atom. The molecule has 2 aromatic rings. The molecule has 0 radical (unpaired) electrons. The summed E-state index contributed by atoms with van der Waals surface area (Å²) in [5.41, 5.74) is 0.654. The number of rotatable bonds is 5. The molecular weight excluding hydrogens is 240 g/mol. The fraction of sp³-hybridized carbons (Fsp3) is 0.571. The van der Waals surface area contributed by atoms with Gasteiger partial charge in [0.1, 0.15) is 0 Å². The van der Waals surface area contributed by atoms with Gasteiger partial charge in [0.05, 0.1) is 6.54 Å². The predicted octanol–water partition coefficient (Wildman–Crippen LogP) is 1.28. The zero-order valence-electron chi connectivity index (χ0n) is 11.1. The van der Waals surface area contributed by atoms with E-state index in [0.29, 0.717) is 12.2 Å². The van der Waals surface area contributed by atoms with Gasteiger partial charge in [-0.05, 0) is 37.4 Å². The molecule has 0 atom stereocenters. The minimum absolute atomic E-state index is 0.0572. The van der Waals surface area contributed by atoms with Gasteiger partial charge in [-0.15, -0.1) is 5.10 Å². The summed E-state index contributed by atoms with van der Waals surface area (Å²) in [6.45, 7) is 2.51. The van der Waals surface area contributed by atoms with Crippen molar-refractivity contribution in [2.24, 2.45) is 5.92 Å². The summed E-state index contributed by atoms with van der Waals surface area (Å²) in [7, 11) is 0. The second-order valence-electron chi connectivity index (χ2n) is 5.29. The lowest BCUT2D eigenvalue weighted by atomic mass is 10.1. The first-order chi connectivity index (χ1) is 9.34. The van der Waals surface area contributed by atoms with E-state index < -0.39 is 0 Å². The molecule has 0 spiro atoms. The average Bonchev–Trinajstić information content (AvgIpc) is 3.04. The summed E-state index contributed by atoms with van der Waals surface area (Å²) in [6, 6.07) is 5.59. The van der Waals surface area contributed by atoms with Crippen LogP contribution in [0.25, 0.3) is 5.65 Å². The molecule has 3 rings (SSSR count). The standard InChI is InChI=1S/C14H20N4O/c19-14-17-9-4-3-7-13(17)16-18(14)10-8-15-11-12-5-1-2-6-12/h3-4,7,9,12,15H,1-2,5-6,8,10-11H2. The number of nitrogens with zero attached hydrogens (tertiary/aromatic N) is 3. The van der Waals surface area contributed by atoms with Gasteiger partial charge in [0.2, 0.25) is 0 Å². The third kappa shape index (κ3) is 2.71. The van der Waals surface area contributed by atoms with Crippen LogP contribution in [0.4, 0.5) is 0 Å². The van der Waals surface area contributed by atoms with Crippen molar-refractivity contribution in [3.63, 3.8) is 0 Å². The monoisotopic (exact) mass is 260 g/mol. The molecule has 5 heteroatoms. The lowest BCUT2D eigenvalue weighted by Crippen LogP contribution is -2.29. The number of hydrogen-bond donors (Lipinski definition) is 1. The SMILES string of the molecule is O=c1n(CCNCC2CCCC2)nc2ccccn12. The van der Waals surface area contributed by atoms with E-state index in [2.05, 4.69) is 10.4 Å². The molecule has 0 aliphatic heterocycles. The lowest BCUT2D eigenvalue weighted by Gasteiger charge is -2.09. The number of hydrogen-bond acceptors (Lipinski definition) is 3. The normalized spacial score (nSPS) is 16.4. The van der Waals surface area contributed by atoms with Crippen molar-refractivity contribution in [2.45, 2.75) is 32.2 Å². The smallest absolute Gasteiger partial charge is 0.315 e. The maximum Gasteiger partial charge on any atom is 0.350 e. The molecule has 19 heavy (non-hydrogen) atoms. The maximum absolute atomic E-state index is 12.0. The molecule has 5 nitrogen and oxygen atoms in total. The Bertz CT molecular complexity index is 595. The second-order valence-corrected chi connectivity index (χ2v) is 5.29. The molecule has 1 aliphatic rings. The Labute approximate surface area is 112 Å². The van der Waals surface area contributed by atoms with Crippen LogP contribution in [0, 0.1) is 5.92 Å². The van der Waals surface area contributed by atoms with Crippen LogP contribution in [0.3, 0.4) is 0 Å². The highest BCUT2D eigenvalue weighted by Crippen LogP contribution is 2.23. The van der Waals surface area contributed by atoms with Crippen molar-refractivity contribution in [3.8, 4) is 0 Å². The van der Waals surface area contributed by atoms with Crippen LogP contribution in [-0.2, 0) is 6.54 Å². The molecule has 1 saturated carbocycles. The minimum atomic E-state index is -0.0572. The van der Waals surface area contributed by atoms with E-state index >= 15 is 0 Å². The van der Waals surface area contributed by atoms with Crippen molar-refractivity contribution < 1.29 is 0 Å². The number of pyridine rings is 1.